The number of H-pyrrole nitrogens is 2. The first-order chi connectivity index (χ1) is 16.5. The predicted octanol–water partition coefficient (Wildman–Crippen LogP) is 4.62. The van der Waals surface area contributed by atoms with E-state index in [1.165, 1.54) is 0 Å². The summed E-state index contributed by atoms with van der Waals surface area (Å²) in [5.41, 5.74) is 1.51. The summed E-state index contributed by atoms with van der Waals surface area (Å²) in [7, 11) is 0. The van der Waals surface area contributed by atoms with Crippen LogP contribution in [0.1, 0.15) is 0 Å². The highest BCUT2D eigenvalue weighted by Crippen LogP contribution is 2.26. The van der Waals surface area contributed by atoms with Crippen molar-refractivity contribution in [2.75, 3.05) is 0 Å². The van der Waals surface area contributed by atoms with Crippen molar-refractivity contribution >= 4 is 23.2 Å². The molecule has 0 unspecified atom stereocenters. The fourth-order valence-corrected chi connectivity index (χ4v) is 3.86. The monoisotopic (exact) mass is 488 g/mol. The standard InChI is InChI=1S/C24H14Cl2N6O2/c25-17-10-3-1-8-15(17)19-23(33)27-21(31-29-19)13-6-5-7-14(12-13)22-28-24(34)20(30-32-22)16-9-2-4-11-18(16)26/h1-12H,(H,27,31,33)(H,28,32,34). The maximum atomic E-state index is 12.7. The first kappa shape index (κ1) is 21.7. The fourth-order valence-electron chi connectivity index (χ4n) is 3.41. The van der Waals surface area contributed by atoms with E-state index in [-0.39, 0.29) is 23.0 Å². The van der Waals surface area contributed by atoms with Gasteiger partial charge in [-0.05, 0) is 18.2 Å². The van der Waals surface area contributed by atoms with Crippen molar-refractivity contribution < 1.29 is 0 Å². The number of aromatic amines is 2. The van der Waals surface area contributed by atoms with Crippen molar-refractivity contribution in [3.05, 3.63) is 104 Å². The average molecular weight is 489 g/mol. The summed E-state index contributed by atoms with van der Waals surface area (Å²) in [4.78, 5) is 30.8. The van der Waals surface area contributed by atoms with Crippen molar-refractivity contribution in [2.24, 2.45) is 0 Å². The van der Waals surface area contributed by atoms with Crippen LogP contribution in [0.25, 0.3) is 45.3 Å². The van der Waals surface area contributed by atoms with E-state index < -0.39 is 11.1 Å². The molecule has 166 valence electrons. The maximum absolute atomic E-state index is 12.7. The predicted molar refractivity (Wildman–Crippen MR) is 131 cm³/mol. The van der Waals surface area contributed by atoms with Crippen LogP contribution in [0.3, 0.4) is 0 Å². The third-order valence-electron chi connectivity index (χ3n) is 5.06. The largest absolute Gasteiger partial charge is 0.303 e. The molecular weight excluding hydrogens is 475 g/mol. The van der Waals surface area contributed by atoms with Crippen LogP contribution in [-0.4, -0.2) is 30.4 Å². The van der Waals surface area contributed by atoms with E-state index in [2.05, 4.69) is 30.4 Å². The number of aromatic nitrogens is 6. The molecule has 2 N–H and O–H groups in total. The summed E-state index contributed by atoms with van der Waals surface area (Å²) < 4.78 is 0. The SMILES string of the molecule is O=c1[nH]c(-c2cccc(-c3nnc(-c4ccccc4Cl)c(=O)[nH]3)c2)nnc1-c1ccccc1Cl. The van der Waals surface area contributed by atoms with Gasteiger partial charge in [0.2, 0.25) is 0 Å². The molecule has 0 radical (unpaired) electrons. The molecule has 0 aliphatic carbocycles. The molecular formula is C24H14Cl2N6O2. The van der Waals surface area contributed by atoms with Crippen LogP contribution in [-0.2, 0) is 0 Å². The minimum absolute atomic E-state index is 0.121. The summed E-state index contributed by atoms with van der Waals surface area (Å²) in [6.07, 6.45) is 0. The molecule has 0 saturated heterocycles. The zero-order chi connectivity index (χ0) is 23.7. The Morgan fingerprint density at radius 3 is 1.41 bits per heavy atom. The highest BCUT2D eigenvalue weighted by Gasteiger charge is 2.14. The number of nitrogens with zero attached hydrogens (tertiary/aromatic N) is 4. The summed E-state index contributed by atoms with van der Waals surface area (Å²) >= 11 is 12.4. The molecule has 0 amide bonds. The Balaban J connectivity index is 1.50. The van der Waals surface area contributed by atoms with Gasteiger partial charge >= 0.3 is 0 Å². The molecule has 0 spiro atoms. The van der Waals surface area contributed by atoms with E-state index in [9.17, 15) is 9.59 Å². The molecule has 5 aromatic rings. The second-order valence-corrected chi connectivity index (χ2v) is 8.06. The maximum Gasteiger partial charge on any atom is 0.278 e. The lowest BCUT2D eigenvalue weighted by Crippen LogP contribution is -2.15. The molecule has 34 heavy (non-hydrogen) atoms. The lowest BCUT2D eigenvalue weighted by Gasteiger charge is -2.07. The Morgan fingerprint density at radius 2 is 1.00 bits per heavy atom. The Hall–Kier alpha value is -4.14. The van der Waals surface area contributed by atoms with Crippen molar-refractivity contribution in [3.63, 3.8) is 0 Å². The molecule has 2 heterocycles. The Kier molecular flexibility index (Phi) is 5.75. The topological polar surface area (TPSA) is 117 Å². The van der Waals surface area contributed by atoms with Gasteiger partial charge in [-0.3, -0.25) is 9.59 Å². The summed E-state index contributed by atoms with van der Waals surface area (Å²) in [5.74, 6) is 0.510. The highest BCUT2D eigenvalue weighted by atomic mass is 35.5. The van der Waals surface area contributed by atoms with Gasteiger partial charge in [0.1, 0.15) is 0 Å². The van der Waals surface area contributed by atoms with Gasteiger partial charge in [-0.25, -0.2) is 0 Å². The first-order valence-corrected chi connectivity index (χ1v) is 10.8. The fraction of sp³-hybridized carbons (Fsp3) is 0. The van der Waals surface area contributed by atoms with Crippen LogP contribution >= 0.6 is 23.2 Å². The number of hydrogen-bond donors (Lipinski definition) is 2. The number of nitrogens with one attached hydrogen (secondary N) is 2. The number of hydrogen-bond acceptors (Lipinski definition) is 6. The van der Waals surface area contributed by atoms with Crippen molar-refractivity contribution in [1.82, 2.24) is 30.4 Å². The number of halogens is 2. The zero-order valence-electron chi connectivity index (χ0n) is 17.3. The van der Waals surface area contributed by atoms with E-state index in [0.717, 1.165) is 0 Å². The summed E-state index contributed by atoms with van der Waals surface area (Å²) in [6, 6.07) is 20.8. The van der Waals surface area contributed by atoms with Gasteiger partial charge < -0.3 is 9.97 Å². The second kappa shape index (κ2) is 9.01. The Labute approximate surface area is 202 Å². The molecule has 2 aromatic heterocycles. The lowest BCUT2D eigenvalue weighted by molar-refractivity contribution is 0.958. The summed E-state index contributed by atoms with van der Waals surface area (Å²) in [6.45, 7) is 0. The molecule has 0 saturated carbocycles. The van der Waals surface area contributed by atoms with Crippen LogP contribution in [0.5, 0.6) is 0 Å². The Morgan fingerprint density at radius 1 is 0.559 bits per heavy atom. The van der Waals surface area contributed by atoms with Crippen LogP contribution in [0.15, 0.2) is 82.4 Å². The molecule has 0 aliphatic rings. The van der Waals surface area contributed by atoms with Gasteiger partial charge in [0, 0.05) is 22.3 Å². The zero-order valence-corrected chi connectivity index (χ0v) is 18.8. The third-order valence-corrected chi connectivity index (χ3v) is 5.72. The molecule has 0 fully saturated rings. The van der Waals surface area contributed by atoms with Crippen LogP contribution in [0.4, 0.5) is 0 Å². The van der Waals surface area contributed by atoms with Crippen molar-refractivity contribution in [3.8, 4) is 45.3 Å². The van der Waals surface area contributed by atoms with Crippen LogP contribution in [0, 0.1) is 0 Å². The molecule has 0 atom stereocenters. The van der Waals surface area contributed by atoms with Crippen LogP contribution < -0.4 is 11.1 Å². The van der Waals surface area contributed by atoms with Crippen LogP contribution in [0.2, 0.25) is 10.0 Å². The third kappa shape index (κ3) is 4.12. The van der Waals surface area contributed by atoms with E-state index in [1.54, 1.807) is 72.8 Å². The molecule has 10 heteroatoms. The van der Waals surface area contributed by atoms with Gasteiger partial charge in [-0.2, -0.15) is 0 Å². The van der Waals surface area contributed by atoms with E-state index in [4.69, 9.17) is 23.2 Å². The number of benzene rings is 3. The smallest absolute Gasteiger partial charge is 0.278 e. The molecule has 0 aliphatic heterocycles. The normalized spacial score (nSPS) is 10.9. The molecule has 8 nitrogen and oxygen atoms in total. The molecule has 5 rings (SSSR count). The minimum Gasteiger partial charge on any atom is -0.303 e. The Bertz CT molecular complexity index is 1530. The summed E-state index contributed by atoms with van der Waals surface area (Å²) in [5, 5.41) is 17.3. The van der Waals surface area contributed by atoms with E-state index in [1.807, 2.05) is 0 Å². The van der Waals surface area contributed by atoms with Crippen molar-refractivity contribution in [1.29, 1.82) is 0 Å². The second-order valence-electron chi connectivity index (χ2n) is 7.24. The van der Waals surface area contributed by atoms with Gasteiger partial charge in [-0.1, -0.05) is 77.8 Å². The minimum atomic E-state index is -0.430. The lowest BCUT2D eigenvalue weighted by atomic mass is 10.1. The van der Waals surface area contributed by atoms with Crippen molar-refractivity contribution in [2.45, 2.75) is 0 Å². The first-order valence-electron chi connectivity index (χ1n) is 10.1. The van der Waals surface area contributed by atoms with Gasteiger partial charge in [0.25, 0.3) is 11.1 Å². The van der Waals surface area contributed by atoms with Gasteiger partial charge in [0.05, 0.1) is 10.0 Å². The quantitative estimate of drug-likeness (QED) is 0.381. The number of rotatable bonds is 4. The van der Waals surface area contributed by atoms with Gasteiger partial charge in [0.15, 0.2) is 23.0 Å². The van der Waals surface area contributed by atoms with Gasteiger partial charge in [-0.15, -0.1) is 20.4 Å². The molecule has 3 aromatic carbocycles. The molecule has 0 bridgehead atoms. The highest BCUT2D eigenvalue weighted by molar-refractivity contribution is 6.33. The van der Waals surface area contributed by atoms with E-state index in [0.29, 0.717) is 32.3 Å². The average Bonchev–Trinajstić information content (AvgIpc) is 2.85. The van der Waals surface area contributed by atoms with E-state index >= 15 is 0 Å².